The standard InChI is InChI=1S/C25H23FN4O2S/c26-21-5-1-3-18(13-21)20-4-2-12-30(15-20)25-24-7-6-23(14-19(24)8-11-28-25)33(31,32)16-22-9-10-27-17-29-22/h1,3,5-11,13-14,17,20H,2,4,12,15-16H2. The predicted octanol–water partition coefficient (Wildman–Crippen LogP) is 4.52. The molecule has 1 saturated heterocycles. The molecule has 0 aliphatic carbocycles. The van der Waals surface area contributed by atoms with Gasteiger partial charge in [-0.2, -0.15) is 0 Å². The van der Waals surface area contributed by atoms with Crippen LogP contribution in [0.4, 0.5) is 10.2 Å². The minimum atomic E-state index is -3.55. The maximum atomic E-state index is 13.7. The molecule has 0 spiro atoms. The van der Waals surface area contributed by atoms with Crippen LogP contribution in [0.1, 0.15) is 30.0 Å². The lowest BCUT2D eigenvalue weighted by molar-refractivity contribution is 0.505. The summed E-state index contributed by atoms with van der Waals surface area (Å²) in [6.45, 7) is 1.59. The topological polar surface area (TPSA) is 76.1 Å². The summed E-state index contributed by atoms with van der Waals surface area (Å²) in [6, 6.07) is 15.4. The average molecular weight is 463 g/mol. The van der Waals surface area contributed by atoms with Crippen molar-refractivity contribution >= 4 is 26.4 Å². The van der Waals surface area contributed by atoms with Crippen LogP contribution in [0.25, 0.3) is 10.8 Å². The number of benzene rings is 2. The summed E-state index contributed by atoms with van der Waals surface area (Å²) in [7, 11) is -3.55. The minimum Gasteiger partial charge on any atom is -0.355 e. The van der Waals surface area contributed by atoms with Gasteiger partial charge in [-0.05, 0) is 66.3 Å². The van der Waals surface area contributed by atoms with Crippen molar-refractivity contribution in [2.75, 3.05) is 18.0 Å². The minimum absolute atomic E-state index is 0.180. The molecule has 4 aromatic rings. The van der Waals surface area contributed by atoms with E-state index in [1.54, 1.807) is 36.5 Å². The van der Waals surface area contributed by atoms with Gasteiger partial charge in [-0.3, -0.25) is 0 Å². The molecule has 1 fully saturated rings. The molecule has 1 atom stereocenters. The summed E-state index contributed by atoms with van der Waals surface area (Å²) in [5, 5.41) is 1.72. The predicted molar refractivity (Wildman–Crippen MR) is 125 cm³/mol. The summed E-state index contributed by atoms with van der Waals surface area (Å²) in [5.74, 6) is 0.649. The number of rotatable bonds is 5. The van der Waals surface area contributed by atoms with Crippen LogP contribution < -0.4 is 4.90 Å². The molecule has 168 valence electrons. The van der Waals surface area contributed by atoms with Gasteiger partial charge in [0.05, 0.1) is 16.3 Å². The summed E-state index contributed by atoms with van der Waals surface area (Å²) < 4.78 is 39.6. The highest BCUT2D eigenvalue weighted by Gasteiger charge is 2.24. The number of aromatic nitrogens is 3. The van der Waals surface area contributed by atoms with Crippen molar-refractivity contribution in [3.63, 3.8) is 0 Å². The van der Waals surface area contributed by atoms with E-state index in [2.05, 4.69) is 19.9 Å². The molecule has 0 bridgehead atoms. The largest absolute Gasteiger partial charge is 0.355 e. The van der Waals surface area contributed by atoms with Crippen molar-refractivity contribution < 1.29 is 12.8 Å². The monoisotopic (exact) mass is 462 g/mol. The third-order valence-electron chi connectivity index (χ3n) is 6.10. The highest BCUT2D eigenvalue weighted by molar-refractivity contribution is 7.90. The molecule has 1 unspecified atom stereocenters. The summed E-state index contributed by atoms with van der Waals surface area (Å²) in [6.07, 6.45) is 6.57. The molecule has 5 rings (SSSR count). The van der Waals surface area contributed by atoms with Gasteiger partial charge in [0.15, 0.2) is 9.84 Å². The molecule has 0 amide bonds. The molecule has 2 aromatic heterocycles. The quantitative estimate of drug-likeness (QED) is 0.434. The van der Waals surface area contributed by atoms with Crippen molar-refractivity contribution in [1.29, 1.82) is 0 Å². The molecule has 1 aliphatic rings. The lowest BCUT2D eigenvalue weighted by Gasteiger charge is -2.34. The molecular formula is C25H23FN4O2S. The van der Waals surface area contributed by atoms with Crippen molar-refractivity contribution in [1.82, 2.24) is 15.0 Å². The Kier molecular flexibility index (Phi) is 5.76. The van der Waals surface area contributed by atoms with E-state index >= 15 is 0 Å². The van der Waals surface area contributed by atoms with E-state index in [1.807, 2.05) is 18.2 Å². The highest BCUT2D eigenvalue weighted by Crippen LogP contribution is 2.33. The number of piperidine rings is 1. The Hall–Kier alpha value is -3.39. The highest BCUT2D eigenvalue weighted by atomic mass is 32.2. The molecule has 0 N–H and O–H groups in total. The van der Waals surface area contributed by atoms with Gasteiger partial charge in [-0.1, -0.05) is 12.1 Å². The van der Waals surface area contributed by atoms with Crippen LogP contribution in [0.5, 0.6) is 0 Å². The van der Waals surface area contributed by atoms with Crippen LogP contribution in [0, 0.1) is 5.82 Å². The van der Waals surface area contributed by atoms with E-state index in [0.29, 0.717) is 5.69 Å². The number of pyridine rings is 1. The van der Waals surface area contributed by atoms with Crippen molar-refractivity contribution in [2.45, 2.75) is 29.4 Å². The second kappa shape index (κ2) is 8.86. The van der Waals surface area contributed by atoms with Gasteiger partial charge in [0.25, 0.3) is 0 Å². The second-order valence-electron chi connectivity index (χ2n) is 8.32. The lowest BCUT2D eigenvalue weighted by atomic mass is 9.90. The van der Waals surface area contributed by atoms with Gasteiger partial charge >= 0.3 is 0 Å². The van der Waals surface area contributed by atoms with E-state index < -0.39 is 9.84 Å². The smallest absolute Gasteiger partial charge is 0.184 e. The SMILES string of the molecule is O=S(=O)(Cc1ccncn1)c1ccc2c(N3CCCC(c4cccc(F)c4)C3)nccc2c1. The number of nitrogens with zero attached hydrogens (tertiary/aromatic N) is 4. The fourth-order valence-corrected chi connectivity index (χ4v) is 5.78. The summed E-state index contributed by atoms with van der Waals surface area (Å²) in [4.78, 5) is 15.0. The van der Waals surface area contributed by atoms with Gasteiger partial charge in [0.2, 0.25) is 0 Å². The third-order valence-corrected chi connectivity index (χ3v) is 7.74. The third kappa shape index (κ3) is 4.57. The van der Waals surface area contributed by atoms with Crippen molar-refractivity contribution in [3.05, 3.63) is 90.4 Å². The molecule has 33 heavy (non-hydrogen) atoms. The number of hydrogen-bond acceptors (Lipinski definition) is 6. The van der Waals surface area contributed by atoms with Crippen LogP contribution in [-0.2, 0) is 15.6 Å². The van der Waals surface area contributed by atoms with Crippen LogP contribution in [0.3, 0.4) is 0 Å². The Morgan fingerprint density at radius 3 is 2.76 bits per heavy atom. The van der Waals surface area contributed by atoms with Gasteiger partial charge in [-0.15, -0.1) is 0 Å². The summed E-state index contributed by atoms with van der Waals surface area (Å²) >= 11 is 0. The normalized spacial score (nSPS) is 16.8. The molecule has 2 aromatic carbocycles. The first kappa shape index (κ1) is 21.5. The number of anilines is 1. The van der Waals surface area contributed by atoms with E-state index in [9.17, 15) is 12.8 Å². The van der Waals surface area contributed by atoms with E-state index in [0.717, 1.165) is 48.1 Å². The molecule has 8 heteroatoms. The van der Waals surface area contributed by atoms with E-state index in [4.69, 9.17) is 0 Å². The Labute approximate surface area is 192 Å². The number of halogens is 1. The van der Waals surface area contributed by atoms with Crippen LogP contribution in [0.15, 0.2) is 78.2 Å². The second-order valence-corrected chi connectivity index (χ2v) is 10.3. The molecule has 0 radical (unpaired) electrons. The lowest BCUT2D eigenvalue weighted by Crippen LogP contribution is -2.35. The number of sulfone groups is 1. The zero-order valence-electron chi connectivity index (χ0n) is 17.9. The van der Waals surface area contributed by atoms with Crippen molar-refractivity contribution in [3.8, 4) is 0 Å². The van der Waals surface area contributed by atoms with Crippen LogP contribution in [0.2, 0.25) is 0 Å². The molecular weight excluding hydrogens is 439 g/mol. The Morgan fingerprint density at radius 1 is 1.03 bits per heavy atom. The van der Waals surface area contributed by atoms with Gasteiger partial charge in [0.1, 0.15) is 18.0 Å². The number of hydrogen-bond donors (Lipinski definition) is 0. The Bertz CT molecular complexity index is 1400. The fraction of sp³-hybridized carbons (Fsp3) is 0.240. The fourth-order valence-electron chi connectivity index (χ4n) is 4.47. The number of fused-ring (bicyclic) bond motifs is 1. The molecule has 3 heterocycles. The molecule has 1 aliphatic heterocycles. The first-order valence-corrected chi connectivity index (χ1v) is 12.5. The zero-order valence-corrected chi connectivity index (χ0v) is 18.7. The van der Waals surface area contributed by atoms with Gasteiger partial charge in [-0.25, -0.2) is 27.8 Å². The summed E-state index contributed by atoms with van der Waals surface area (Å²) in [5.41, 5.74) is 1.45. The molecule has 6 nitrogen and oxygen atoms in total. The maximum Gasteiger partial charge on any atom is 0.184 e. The van der Waals surface area contributed by atoms with Crippen molar-refractivity contribution in [2.24, 2.45) is 0 Å². The maximum absolute atomic E-state index is 13.7. The first-order chi connectivity index (χ1) is 16.0. The van der Waals surface area contributed by atoms with Gasteiger partial charge < -0.3 is 4.90 Å². The first-order valence-electron chi connectivity index (χ1n) is 10.9. The van der Waals surface area contributed by atoms with E-state index in [1.165, 1.54) is 18.6 Å². The van der Waals surface area contributed by atoms with Crippen LogP contribution in [-0.4, -0.2) is 36.5 Å². The average Bonchev–Trinajstić information content (AvgIpc) is 2.84. The van der Waals surface area contributed by atoms with Crippen LogP contribution >= 0.6 is 0 Å². The Morgan fingerprint density at radius 2 is 1.94 bits per heavy atom. The van der Waals surface area contributed by atoms with Gasteiger partial charge in [0, 0.05) is 36.8 Å². The molecule has 0 saturated carbocycles. The Balaban J connectivity index is 1.44. The van der Waals surface area contributed by atoms with E-state index in [-0.39, 0.29) is 22.4 Å². The zero-order chi connectivity index (χ0) is 22.8.